The van der Waals surface area contributed by atoms with Crippen molar-refractivity contribution < 1.29 is 14.7 Å². The maximum Gasteiger partial charge on any atom is 0.268 e. The van der Waals surface area contributed by atoms with Gasteiger partial charge >= 0.3 is 0 Å². The van der Waals surface area contributed by atoms with E-state index in [0.29, 0.717) is 10.6 Å². The third-order valence-corrected chi connectivity index (χ3v) is 3.27. The van der Waals surface area contributed by atoms with E-state index in [1.54, 1.807) is 11.4 Å². The molecule has 7 heteroatoms. The van der Waals surface area contributed by atoms with E-state index >= 15 is 0 Å². The second kappa shape index (κ2) is 6.25. The highest BCUT2D eigenvalue weighted by molar-refractivity contribution is 7.12. The van der Waals surface area contributed by atoms with Crippen molar-refractivity contribution in [3.8, 4) is 5.75 Å². The van der Waals surface area contributed by atoms with Crippen LogP contribution in [-0.4, -0.2) is 41.5 Å². The van der Waals surface area contributed by atoms with Crippen molar-refractivity contribution in [3.63, 3.8) is 0 Å². The van der Waals surface area contributed by atoms with Gasteiger partial charge in [-0.1, -0.05) is 5.16 Å². The van der Waals surface area contributed by atoms with Gasteiger partial charge in [0.05, 0.1) is 13.7 Å². The zero-order valence-electron chi connectivity index (χ0n) is 10.6. The lowest BCUT2D eigenvalue weighted by Gasteiger charge is -2.25. The molecule has 0 bridgehead atoms. The molecule has 3 N–H and O–H groups in total. The van der Waals surface area contributed by atoms with E-state index in [1.165, 1.54) is 23.3 Å². The van der Waals surface area contributed by atoms with Gasteiger partial charge in [0.1, 0.15) is 10.6 Å². The van der Waals surface area contributed by atoms with Gasteiger partial charge in [-0.05, 0) is 25.3 Å². The van der Waals surface area contributed by atoms with E-state index in [9.17, 15) is 4.79 Å². The van der Waals surface area contributed by atoms with Gasteiger partial charge in [0.25, 0.3) is 5.91 Å². The van der Waals surface area contributed by atoms with Crippen LogP contribution in [0.15, 0.2) is 16.6 Å². The number of hydrogen-bond acceptors (Lipinski definition) is 5. The Kier molecular flexibility index (Phi) is 4.96. The van der Waals surface area contributed by atoms with E-state index in [1.807, 2.05) is 13.8 Å². The molecule has 1 heterocycles. The van der Waals surface area contributed by atoms with Crippen molar-refractivity contribution in [2.75, 3.05) is 13.7 Å². The van der Waals surface area contributed by atoms with Crippen LogP contribution in [0, 0.1) is 0 Å². The van der Waals surface area contributed by atoms with Crippen LogP contribution >= 0.6 is 11.3 Å². The predicted octanol–water partition coefficient (Wildman–Crippen LogP) is 1.35. The van der Waals surface area contributed by atoms with Crippen molar-refractivity contribution >= 4 is 23.1 Å². The molecule has 0 saturated heterocycles. The molecule has 0 fully saturated rings. The lowest BCUT2D eigenvalue weighted by Crippen LogP contribution is -2.42. The number of hydrogen-bond donors (Lipinski definition) is 2. The zero-order valence-corrected chi connectivity index (χ0v) is 11.4. The number of carbonyl (C=O) groups excluding carboxylic acids is 1. The van der Waals surface area contributed by atoms with Gasteiger partial charge in [-0.15, -0.1) is 11.3 Å². The molecule has 0 saturated carbocycles. The van der Waals surface area contributed by atoms with Crippen LogP contribution in [0.2, 0.25) is 0 Å². The Hall–Kier alpha value is -1.76. The fraction of sp³-hybridized carbons (Fsp3) is 0.455. The number of methoxy groups -OCH3 is 1. The number of thiophene rings is 1. The van der Waals surface area contributed by atoms with Gasteiger partial charge in [0.2, 0.25) is 0 Å². The molecular formula is C11H17N3O3S. The molecule has 0 spiro atoms. The Labute approximate surface area is 110 Å². The highest BCUT2D eigenvalue weighted by Crippen LogP contribution is 2.26. The third kappa shape index (κ3) is 3.13. The Morgan fingerprint density at radius 1 is 1.67 bits per heavy atom. The first kappa shape index (κ1) is 14.3. The molecule has 1 aromatic heterocycles. The first-order valence-electron chi connectivity index (χ1n) is 5.40. The average Bonchev–Trinajstić information content (AvgIpc) is 2.82. The normalized spacial score (nSPS) is 11.7. The summed E-state index contributed by atoms with van der Waals surface area (Å²) in [4.78, 5) is 14.4. The molecule has 0 aromatic carbocycles. The van der Waals surface area contributed by atoms with Gasteiger partial charge in [-0.2, -0.15) is 0 Å². The standard InChI is InChI=1S/C11H17N3O3S/c1-7(2)14(6-9(12)13-16)11(15)10-8(17-3)4-5-18-10/h4-5,7,16H,6H2,1-3H3,(H2,12,13). The van der Waals surface area contributed by atoms with Crippen LogP contribution in [0.3, 0.4) is 0 Å². The number of oxime groups is 1. The number of nitrogens with two attached hydrogens (primary N) is 1. The predicted molar refractivity (Wildman–Crippen MR) is 70.5 cm³/mol. The fourth-order valence-electron chi connectivity index (χ4n) is 1.44. The van der Waals surface area contributed by atoms with E-state index in [-0.39, 0.29) is 24.3 Å². The number of ether oxygens (including phenoxy) is 1. The number of amidine groups is 1. The molecular weight excluding hydrogens is 254 g/mol. The molecule has 0 aliphatic heterocycles. The zero-order chi connectivity index (χ0) is 13.7. The van der Waals surface area contributed by atoms with Crippen molar-refractivity contribution in [1.82, 2.24) is 4.90 Å². The summed E-state index contributed by atoms with van der Waals surface area (Å²) in [5.41, 5.74) is 5.45. The number of nitrogens with zero attached hydrogens (tertiary/aromatic N) is 2. The maximum atomic E-state index is 12.3. The Morgan fingerprint density at radius 2 is 2.33 bits per heavy atom. The molecule has 0 aliphatic rings. The second-order valence-corrected chi connectivity index (χ2v) is 4.85. The first-order chi connectivity index (χ1) is 8.51. The van der Waals surface area contributed by atoms with Gasteiger partial charge in [-0.25, -0.2) is 0 Å². The van der Waals surface area contributed by atoms with Crippen LogP contribution in [-0.2, 0) is 0 Å². The molecule has 1 amide bonds. The van der Waals surface area contributed by atoms with E-state index in [0.717, 1.165) is 0 Å². The average molecular weight is 271 g/mol. The van der Waals surface area contributed by atoms with Crippen LogP contribution in [0.4, 0.5) is 0 Å². The summed E-state index contributed by atoms with van der Waals surface area (Å²) in [5.74, 6) is 0.339. The summed E-state index contributed by atoms with van der Waals surface area (Å²) < 4.78 is 5.12. The third-order valence-electron chi connectivity index (χ3n) is 2.39. The van der Waals surface area contributed by atoms with Crippen LogP contribution < -0.4 is 10.5 Å². The van der Waals surface area contributed by atoms with Crippen molar-refractivity contribution in [2.45, 2.75) is 19.9 Å². The topological polar surface area (TPSA) is 88.2 Å². The van der Waals surface area contributed by atoms with Gasteiger partial charge in [0, 0.05) is 6.04 Å². The minimum Gasteiger partial charge on any atom is -0.495 e. The van der Waals surface area contributed by atoms with Crippen LogP contribution in [0.1, 0.15) is 23.5 Å². The summed E-state index contributed by atoms with van der Waals surface area (Å²) in [6.45, 7) is 3.80. The summed E-state index contributed by atoms with van der Waals surface area (Å²) in [7, 11) is 1.52. The molecule has 1 aromatic rings. The highest BCUT2D eigenvalue weighted by Gasteiger charge is 2.24. The Bertz CT molecular complexity index is 442. The quantitative estimate of drug-likeness (QED) is 0.366. The van der Waals surface area contributed by atoms with E-state index < -0.39 is 0 Å². The minimum atomic E-state index is -0.191. The molecule has 0 radical (unpaired) electrons. The molecule has 0 unspecified atom stereocenters. The highest BCUT2D eigenvalue weighted by atomic mass is 32.1. The van der Waals surface area contributed by atoms with Gasteiger partial charge in [0.15, 0.2) is 5.84 Å². The SMILES string of the molecule is COc1ccsc1C(=O)N(C/C(N)=N/O)C(C)C. The fourth-order valence-corrected chi connectivity index (χ4v) is 2.25. The van der Waals surface area contributed by atoms with Crippen molar-refractivity contribution in [2.24, 2.45) is 10.9 Å². The molecule has 100 valence electrons. The molecule has 0 aliphatic carbocycles. The molecule has 1 rings (SSSR count). The maximum absolute atomic E-state index is 12.3. The number of amides is 1. The van der Waals surface area contributed by atoms with E-state index in [2.05, 4.69) is 5.16 Å². The molecule has 6 nitrogen and oxygen atoms in total. The van der Waals surface area contributed by atoms with Crippen LogP contribution in [0.25, 0.3) is 0 Å². The lowest BCUT2D eigenvalue weighted by molar-refractivity contribution is 0.0736. The monoisotopic (exact) mass is 271 g/mol. The smallest absolute Gasteiger partial charge is 0.268 e. The van der Waals surface area contributed by atoms with Gasteiger partial charge < -0.3 is 20.6 Å². The minimum absolute atomic E-state index is 0.00688. The Balaban J connectivity index is 2.96. The van der Waals surface area contributed by atoms with Crippen molar-refractivity contribution in [3.05, 3.63) is 16.3 Å². The number of rotatable bonds is 5. The molecule has 0 atom stereocenters. The van der Waals surface area contributed by atoms with E-state index in [4.69, 9.17) is 15.7 Å². The lowest BCUT2D eigenvalue weighted by atomic mass is 10.2. The molecule has 18 heavy (non-hydrogen) atoms. The largest absolute Gasteiger partial charge is 0.495 e. The Morgan fingerprint density at radius 3 is 2.83 bits per heavy atom. The number of carbonyl (C=O) groups is 1. The van der Waals surface area contributed by atoms with Gasteiger partial charge in [-0.3, -0.25) is 4.79 Å². The summed E-state index contributed by atoms with van der Waals surface area (Å²) in [6.07, 6.45) is 0. The first-order valence-corrected chi connectivity index (χ1v) is 6.28. The summed E-state index contributed by atoms with van der Waals surface area (Å²) in [5, 5.41) is 13.3. The van der Waals surface area contributed by atoms with Crippen molar-refractivity contribution in [1.29, 1.82) is 0 Å². The second-order valence-electron chi connectivity index (χ2n) is 3.94. The summed E-state index contributed by atoms with van der Waals surface area (Å²) >= 11 is 1.30. The van der Waals surface area contributed by atoms with Crippen LogP contribution in [0.5, 0.6) is 5.75 Å². The summed E-state index contributed by atoms with van der Waals surface area (Å²) in [6, 6.07) is 1.67.